The highest BCUT2D eigenvalue weighted by Crippen LogP contribution is 2.36. The van der Waals surface area contributed by atoms with Crippen molar-refractivity contribution in [2.24, 2.45) is 5.73 Å². The molecule has 0 aliphatic rings. The van der Waals surface area contributed by atoms with Crippen LogP contribution in [0.5, 0.6) is 0 Å². The van der Waals surface area contributed by atoms with Gasteiger partial charge in [0, 0.05) is 27.4 Å². The van der Waals surface area contributed by atoms with Gasteiger partial charge in [-0.25, -0.2) is 9.37 Å². The lowest BCUT2D eigenvalue weighted by Gasteiger charge is -2.16. The molecule has 0 aliphatic heterocycles. The largest absolute Gasteiger partial charge is 0.326 e. The first kappa shape index (κ1) is 14.4. The third-order valence-electron chi connectivity index (χ3n) is 2.75. The van der Waals surface area contributed by atoms with Crippen LogP contribution in [-0.2, 0) is 12.0 Å². The number of rotatable bonds is 2. The Balaban J connectivity index is 2.58. The number of aromatic nitrogens is 1. The summed E-state index contributed by atoms with van der Waals surface area (Å²) < 4.78 is 13.9. The summed E-state index contributed by atoms with van der Waals surface area (Å²) in [5.41, 5.74) is 7.00. The van der Waals surface area contributed by atoms with E-state index >= 15 is 0 Å². The van der Waals surface area contributed by atoms with Gasteiger partial charge in [-0.3, -0.25) is 0 Å². The van der Waals surface area contributed by atoms with Crippen molar-refractivity contribution in [3.63, 3.8) is 0 Å². The van der Waals surface area contributed by atoms with Crippen molar-refractivity contribution in [3.05, 3.63) is 39.6 Å². The SMILES string of the molecule is CC(C)(C)c1nc(-c2cc(Cl)ccc2F)sc1CN. The molecule has 0 bridgehead atoms. The Kier molecular flexibility index (Phi) is 3.95. The molecule has 2 aromatic rings. The Hall–Kier alpha value is -0.970. The molecule has 0 saturated heterocycles. The summed E-state index contributed by atoms with van der Waals surface area (Å²) >= 11 is 7.35. The number of hydrogen-bond donors (Lipinski definition) is 1. The van der Waals surface area contributed by atoms with E-state index in [-0.39, 0.29) is 11.2 Å². The van der Waals surface area contributed by atoms with Crippen LogP contribution in [0.15, 0.2) is 18.2 Å². The highest BCUT2D eigenvalue weighted by Gasteiger charge is 2.23. The summed E-state index contributed by atoms with van der Waals surface area (Å²) in [5.74, 6) is -0.317. The molecule has 0 amide bonds. The highest BCUT2D eigenvalue weighted by molar-refractivity contribution is 7.15. The van der Waals surface area contributed by atoms with Crippen LogP contribution in [-0.4, -0.2) is 4.98 Å². The van der Waals surface area contributed by atoms with Crippen LogP contribution in [0, 0.1) is 5.82 Å². The average molecular weight is 299 g/mol. The van der Waals surface area contributed by atoms with Crippen molar-refractivity contribution in [1.29, 1.82) is 0 Å². The number of nitrogens with two attached hydrogens (primary N) is 1. The van der Waals surface area contributed by atoms with Gasteiger partial charge in [-0.05, 0) is 18.2 Å². The van der Waals surface area contributed by atoms with Gasteiger partial charge < -0.3 is 5.73 Å². The Bertz CT molecular complexity index is 602. The van der Waals surface area contributed by atoms with Crippen LogP contribution in [0.2, 0.25) is 5.02 Å². The normalized spacial score (nSPS) is 11.9. The van der Waals surface area contributed by atoms with Crippen molar-refractivity contribution in [2.75, 3.05) is 0 Å². The van der Waals surface area contributed by atoms with E-state index < -0.39 is 0 Å². The second-order valence-corrected chi connectivity index (χ2v) is 6.89. The van der Waals surface area contributed by atoms with E-state index in [2.05, 4.69) is 25.8 Å². The number of benzene rings is 1. The van der Waals surface area contributed by atoms with Crippen LogP contribution < -0.4 is 5.73 Å². The Labute approximate surface area is 121 Å². The maximum absolute atomic E-state index is 13.9. The molecule has 0 fully saturated rings. The maximum atomic E-state index is 13.9. The second kappa shape index (κ2) is 5.19. The van der Waals surface area contributed by atoms with Crippen LogP contribution in [0.3, 0.4) is 0 Å². The molecule has 0 unspecified atom stereocenters. The standard InChI is InChI=1S/C14H16ClFN2S/c1-14(2,3)12-11(7-17)19-13(18-12)9-6-8(15)4-5-10(9)16/h4-6H,7,17H2,1-3H3. The van der Waals surface area contributed by atoms with Crippen LogP contribution in [0.4, 0.5) is 4.39 Å². The van der Waals surface area contributed by atoms with E-state index in [9.17, 15) is 4.39 Å². The van der Waals surface area contributed by atoms with Crippen LogP contribution >= 0.6 is 22.9 Å². The molecule has 0 spiro atoms. The Morgan fingerprint density at radius 3 is 2.58 bits per heavy atom. The number of thiazole rings is 1. The molecule has 1 heterocycles. The molecule has 2 N–H and O–H groups in total. The molecule has 102 valence electrons. The molecule has 0 radical (unpaired) electrons. The van der Waals surface area contributed by atoms with Crippen molar-refractivity contribution in [1.82, 2.24) is 4.98 Å². The van der Waals surface area contributed by atoms with E-state index in [1.54, 1.807) is 6.07 Å². The summed E-state index contributed by atoms with van der Waals surface area (Å²) in [5, 5.41) is 1.13. The smallest absolute Gasteiger partial charge is 0.133 e. The van der Waals surface area contributed by atoms with Crippen molar-refractivity contribution in [3.8, 4) is 10.6 Å². The predicted octanol–water partition coefficient (Wildman–Crippen LogP) is 4.36. The van der Waals surface area contributed by atoms with Gasteiger partial charge in [0.1, 0.15) is 10.8 Å². The molecule has 1 aromatic heterocycles. The molecule has 0 aliphatic carbocycles. The fourth-order valence-electron chi connectivity index (χ4n) is 1.85. The van der Waals surface area contributed by atoms with Gasteiger partial charge in [0.05, 0.1) is 5.69 Å². The summed E-state index contributed by atoms with van der Waals surface area (Å²) in [4.78, 5) is 5.55. The fraction of sp³-hybridized carbons (Fsp3) is 0.357. The minimum Gasteiger partial charge on any atom is -0.326 e. The zero-order valence-corrected chi connectivity index (χ0v) is 12.7. The van der Waals surface area contributed by atoms with Gasteiger partial charge in [-0.1, -0.05) is 32.4 Å². The van der Waals surface area contributed by atoms with Gasteiger partial charge in [0.15, 0.2) is 0 Å². The maximum Gasteiger partial charge on any atom is 0.133 e. The van der Waals surface area contributed by atoms with E-state index in [0.717, 1.165) is 10.6 Å². The van der Waals surface area contributed by atoms with Crippen LogP contribution in [0.25, 0.3) is 10.6 Å². The topological polar surface area (TPSA) is 38.9 Å². The molecule has 0 atom stereocenters. The van der Waals surface area contributed by atoms with Gasteiger partial charge in [0.25, 0.3) is 0 Å². The van der Waals surface area contributed by atoms with Gasteiger partial charge in [-0.15, -0.1) is 11.3 Å². The lowest BCUT2D eigenvalue weighted by Crippen LogP contribution is -2.15. The lowest BCUT2D eigenvalue weighted by atomic mass is 9.91. The molecule has 5 heteroatoms. The van der Waals surface area contributed by atoms with Gasteiger partial charge >= 0.3 is 0 Å². The van der Waals surface area contributed by atoms with Gasteiger partial charge in [-0.2, -0.15) is 0 Å². The molecular formula is C14H16ClFN2S. The van der Waals surface area contributed by atoms with E-state index in [1.807, 2.05) is 0 Å². The zero-order valence-electron chi connectivity index (χ0n) is 11.1. The average Bonchev–Trinajstić information content (AvgIpc) is 2.76. The first-order chi connectivity index (χ1) is 8.82. The van der Waals surface area contributed by atoms with E-state index in [0.29, 0.717) is 22.1 Å². The van der Waals surface area contributed by atoms with E-state index in [1.165, 1.54) is 23.5 Å². The third kappa shape index (κ3) is 2.96. The first-order valence-corrected chi connectivity index (χ1v) is 7.18. The Morgan fingerprint density at radius 1 is 1.37 bits per heavy atom. The molecule has 0 saturated carbocycles. The number of halogens is 2. The van der Waals surface area contributed by atoms with Crippen molar-refractivity contribution in [2.45, 2.75) is 32.7 Å². The number of nitrogens with zero attached hydrogens (tertiary/aromatic N) is 1. The molecule has 2 rings (SSSR count). The second-order valence-electron chi connectivity index (χ2n) is 5.37. The van der Waals surface area contributed by atoms with Crippen molar-refractivity contribution < 1.29 is 4.39 Å². The molecule has 19 heavy (non-hydrogen) atoms. The monoisotopic (exact) mass is 298 g/mol. The quantitative estimate of drug-likeness (QED) is 0.894. The fourth-order valence-corrected chi connectivity index (χ4v) is 3.19. The Morgan fingerprint density at radius 2 is 2.05 bits per heavy atom. The number of hydrogen-bond acceptors (Lipinski definition) is 3. The predicted molar refractivity (Wildman–Crippen MR) is 79.1 cm³/mol. The molecule has 2 nitrogen and oxygen atoms in total. The van der Waals surface area contributed by atoms with Crippen LogP contribution in [0.1, 0.15) is 31.3 Å². The minimum atomic E-state index is -0.317. The molecule has 1 aromatic carbocycles. The zero-order chi connectivity index (χ0) is 14.2. The van der Waals surface area contributed by atoms with E-state index in [4.69, 9.17) is 17.3 Å². The highest BCUT2D eigenvalue weighted by atomic mass is 35.5. The molecular weight excluding hydrogens is 283 g/mol. The summed E-state index contributed by atoms with van der Waals surface area (Å²) in [7, 11) is 0. The summed E-state index contributed by atoms with van der Waals surface area (Å²) in [6.07, 6.45) is 0. The summed E-state index contributed by atoms with van der Waals surface area (Å²) in [6, 6.07) is 4.49. The lowest BCUT2D eigenvalue weighted by molar-refractivity contribution is 0.566. The first-order valence-electron chi connectivity index (χ1n) is 5.98. The van der Waals surface area contributed by atoms with Crippen molar-refractivity contribution >= 4 is 22.9 Å². The van der Waals surface area contributed by atoms with Gasteiger partial charge in [0.2, 0.25) is 0 Å². The minimum absolute atomic E-state index is 0.113. The third-order valence-corrected chi connectivity index (χ3v) is 4.10. The summed E-state index contributed by atoms with van der Waals surface area (Å²) in [6.45, 7) is 6.62.